The summed E-state index contributed by atoms with van der Waals surface area (Å²) in [5.41, 5.74) is 1.68. The van der Waals surface area contributed by atoms with Crippen molar-refractivity contribution in [2.45, 2.75) is 6.54 Å². The second-order valence-electron chi connectivity index (χ2n) is 4.82. The van der Waals surface area contributed by atoms with Gasteiger partial charge in [-0.3, -0.25) is 0 Å². The molecule has 2 aromatic carbocycles. The summed E-state index contributed by atoms with van der Waals surface area (Å²) in [6, 6.07) is 9.19. The van der Waals surface area contributed by atoms with Crippen LogP contribution in [0.25, 0.3) is 11.0 Å². The maximum absolute atomic E-state index is 11.1. The summed E-state index contributed by atoms with van der Waals surface area (Å²) >= 11 is 0. The molecule has 0 saturated carbocycles. The SMILES string of the molecule is [2H]c1c(C(=O)O)ccc2c1nc([2H])n2Cc1ccc(B(O)O)cc1. The zero-order chi connectivity index (χ0) is 17.4. The number of aromatic carboxylic acids is 1. The Labute approximate surface area is 129 Å². The van der Waals surface area contributed by atoms with Crippen molar-refractivity contribution < 1.29 is 22.7 Å². The lowest BCUT2D eigenvalue weighted by molar-refractivity contribution is 0.0697. The Morgan fingerprint density at radius 2 is 1.95 bits per heavy atom. The van der Waals surface area contributed by atoms with Crippen LogP contribution in [0.1, 0.15) is 18.7 Å². The van der Waals surface area contributed by atoms with Gasteiger partial charge >= 0.3 is 13.1 Å². The summed E-state index contributed by atoms with van der Waals surface area (Å²) < 4.78 is 17.5. The zero-order valence-electron chi connectivity index (χ0n) is 13.4. The van der Waals surface area contributed by atoms with Crippen molar-refractivity contribution in [1.29, 1.82) is 0 Å². The Hall–Kier alpha value is -2.64. The first kappa shape index (κ1) is 12.0. The normalized spacial score (nSPS) is 12.1. The Bertz CT molecular complexity index is 925. The molecule has 0 atom stereocenters. The van der Waals surface area contributed by atoms with E-state index in [1.54, 1.807) is 28.8 Å². The molecule has 3 N–H and O–H groups in total. The van der Waals surface area contributed by atoms with Crippen LogP contribution in [0.2, 0.25) is 0 Å². The van der Waals surface area contributed by atoms with E-state index in [9.17, 15) is 4.79 Å². The van der Waals surface area contributed by atoms with Crippen LogP contribution in [0.15, 0.2) is 48.7 Å². The Kier molecular flexibility index (Phi) is 3.06. The van der Waals surface area contributed by atoms with Crippen molar-refractivity contribution in [2.24, 2.45) is 0 Å². The molecule has 1 heterocycles. The monoisotopic (exact) mass is 298 g/mol. The molecule has 0 saturated heterocycles. The predicted molar refractivity (Wildman–Crippen MR) is 82.1 cm³/mol. The molecule has 7 heteroatoms. The number of rotatable bonds is 4. The molecule has 1 aromatic heterocycles. The number of carboxylic acid groups (broad SMARTS) is 1. The van der Waals surface area contributed by atoms with Crippen LogP contribution >= 0.6 is 0 Å². The molecular weight excluding hydrogens is 283 g/mol. The standard InChI is InChI=1S/C15H13BN2O4/c19-15(20)11-3-6-14-13(7-11)17-9-18(14)8-10-1-4-12(5-2-10)16(21)22/h1-7,9,21-22H,8H2,(H,19,20)/i7D,9D. The van der Waals surface area contributed by atoms with Crippen molar-refractivity contribution in [3.63, 3.8) is 0 Å². The van der Waals surface area contributed by atoms with E-state index in [0.717, 1.165) is 5.56 Å². The lowest BCUT2D eigenvalue weighted by Crippen LogP contribution is -2.29. The highest BCUT2D eigenvalue weighted by Gasteiger charge is 2.11. The number of carbonyl (C=O) groups is 1. The number of hydrogen-bond donors (Lipinski definition) is 3. The van der Waals surface area contributed by atoms with Crippen LogP contribution in [0.4, 0.5) is 0 Å². The minimum atomic E-state index is -1.54. The van der Waals surface area contributed by atoms with Crippen molar-refractivity contribution in [1.82, 2.24) is 9.55 Å². The van der Waals surface area contributed by atoms with E-state index in [0.29, 0.717) is 17.5 Å². The average molecular weight is 298 g/mol. The first-order valence-corrected chi connectivity index (χ1v) is 6.53. The average Bonchev–Trinajstić information content (AvgIpc) is 2.85. The van der Waals surface area contributed by atoms with E-state index >= 15 is 0 Å². The fourth-order valence-corrected chi connectivity index (χ4v) is 2.16. The van der Waals surface area contributed by atoms with Gasteiger partial charge in [0.25, 0.3) is 0 Å². The van der Waals surface area contributed by atoms with Gasteiger partial charge in [0, 0.05) is 6.54 Å². The summed E-state index contributed by atoms with van der Waals surface area (Å²) in [6.45, 7) is 0.295. The van der Waals surface area contributed by atoms with Gasteiger partial charge in [0.15, 0.2) is 0 Å². The molecule has 0 spiro atoms. The third kappa shape index (κ3) is 2.72. The molecule has 0 aliphatic carbocycles. The van der Waals surface area contributed by atoms with E-state index in [2.05, 4.69) is 4.98 Å². The van der Waals surface area contributed by atoms with Gasteiger partial charge in [-0.15, -0.1) is 0 Å². The van der Waals surface area contributed by atoms with Crippen molar-refractivity contribution in [3.8, 4) is 0 Å². The van der Waals surface area contributed by atoms with Crippen molar-refractivity contribution in [2.75, 3.05) is 0 Å². The summed E-state index contributed by atoms with van der Waals surface area (Å²) in [6.07, 6.45) is -0.0766. The molecule has 0 radical (unpaired) electrons. The van der Waals surface area contributed by atoms with Crippen LogP contribution in [-0.4, -0.2) is 37.8 Å². The van der Waals surface area contributed by atoms with Gasteiger partial charge in [0.2, 0.25) is 0 Å². The lowest BCUT2D eigenvalue weighted by Gasteiger charge is -2.06. The van der Waals surface area contributed by atoms with Gasteiger partial charge in [0.1, 0.15) is 1.37 Å². The molecule has 0 amide bonds. The zero-order valence-corrected chi connectivity index (χ0v) is 11.4. The Morgan fingerprint density at radius 1 is 1.23 bits per heavy atom. The molecule has 0 aliphatic heterocycles. The van der Waals surface area contributed by atoms with Crippen molar-refractivity contribution >= 4 is 29.6 Å². The maximum atomic E-state index is 11.1. The summed E-state index contributed by atoms with van der Waals surface area (Å²) in [5.74, 6) is -1.21. The van der Waals surface area contributed by atoms with Crippen LogP contribution in [0.5, 0.6) is 0 Å². The largest absolute Gasteiger partial charge is 0.488 e. The third-order valence-corrected chi connectivity index (χ3v) is 3.33. The first-order valence-electron chi connectivity index (χ1n) is 7.53. The van der Waals surface area contributed by atoms with Crippen LogP contribution in [0.3, 0.4) is 0 Å². The molecule has 0 unspecified atom stereocenters. The molecule has 22 heavy (non-hydrogen) atoms. The minimum absolute atomic E-state index is 0.0766. The molecule has 0 bridgehead atoms. The molecule has 3 rings (SSSR count). The van der Waals surface area contributed by atoms with Crippen LogP contribution in [-0.2, 0) is 6.54 Å². The highest BCUT2D eigenvalue weighted by Crippen LogP contribution is 2.16. The molecule has 3 aromatic rings. The second-order valence-corrected chi connectivity index (χ2v) is 4.82. The van der Waals surface area contributed by atoms with Gasteiger partial charge in [-0.2, -0.15) is 0 Å². The minimum Gasteiger partial charge on any atom is -0.478 e. The highest BCUT2D eigenvalue weighted by atomic mass is 16.4. The molecule has 0 aliphatic rings. The lowest BCUT2D eigenvalue weighted by atomic mass is 9.80. The smallest absolute Gasteiger partial charge is 0.478 e. The van der Waals surface area contributed by atoms with E-state index < -0.39 is 13.1 Å². The van der Waals surface area contributed by atoms with E-state index in [1.807, 2.05) is 0 Å². The number of carboxylic acids is 1. The van der Waals surface area contributed by atoms with Crippen LogP contribution < -0.4 is 5.46 Å². The Balaban J connectivity index is 2.02. The summed E-state index contributed by atoms with van der Waals surface area (Å²) in [5, 5.41) is 27.3. The maximum Gasteiger partial charge on any atom is 0.488 e. The van der Waals surface area contributed by atoms with Crippen molar-refractivity contribution in [3.05, 3.63) is 59.9 Å². The summed E-state index contributed by atoms with van der Waals surface area (Å²) in [7, 11) is -1.54. The molecule has 6 nitrogen and oxygen atoms in total. The molecular formula is C15H13BN2O4. The topological polar surface area (TPSA) is 95.6 Å². The predicted octanol–water partition coefficient (Wildman–Crippen LogP) is 0.463. The third-order valence-electron chi connectivity index (χ3n) is 3.33. The van der Waals surface area contributed by atoms with E-state index in [-0.39, 0.29) is 23.4 Å². The fraction of sp³-hybridized carbons (Fsp3) is 0.0667. The number of benzene rings is 2. The Morgan fingerprint density at radius 3 is 2.59 bits per heavy atom. The number of fused-ring (bicyclic) bond motifs is 1. The highest BCUT2D eigenvalue weighted by molar-refractivity contribution is 6.58. The van der Waals surface area contributed by atoms with Gasteiger partial charge in [-0.25, -0.2) is 9.78 Å². The number of nitrogens with zero attached hydrogens (tertiary/aromatic N) is 2. The first-order chi connectivity index (χ1) is 11.4. The fourth-order valence-electron chi connectivity index (χ4n) is 2.16. The second kappa shape index (κ2) is 5.63. The van der Waals surface area contributed by atoms with E-state index in [1.165, 1.54) is 12.1 Å². The van der Waals surface area contributed by atoms with Gasteiger partial charge in [-0.1, -0.05) is 24.3 Å². The van der Waals surface area contributed by atoms with Gasteiger partial charge < -0.3 is 19.7 Å². The quantitative estimate of drug-likeness (QED) is 0.608. The number of aromatic nitrogens is 2. The van der Waals surface area contributed by atoms with Gasteiger partial charge in [-0.05, 0) is 29.2 Å². The van der Waals surface area contributed by atoms with Crippen LogP contribution in [0, 0.1) is 0 Å². The van der Waals surface area contributed by atoms with Gasteiger partial charge in [0.05, 0.1) is 24.3 Å². The molecule has 0 fully saturated rings. The van der Waals surface area contributed by atoms with E-state index in [4.69, 9.17) is 17.9 Å². The molecule has 110 valence electrons. The summed E-state index contributed by atoms with van der Waals surface area (Å²) in [4.78, 5) is 15.1. The number of imidazole rings is 1. The number of hydrogen-bond acceptors (Lipinski definition) is 4.